The Kier molecular flexibility index (Phi) is 5.05. The van der Waals surface area contributed by atoms with Crippen LogP contribution in [0.5, 0.6) is 0 Å². The van der Waals surface area contributed by atoms with Crippen LogP contribution in [-0.4, -0.2) is 41.6 Å². The number of amides is 1. The van der Waals surface area contributed by atoms with Gasteiger partial charge in [-0.2, -0.15) is 0 Å². The number of halogens is 1. The van der Waals surface area contributed by atoms with Crippen molar-refractivity contribution >= 4 is 21.8 Å². The molecule has 0 bridgehead atoms. The third kappa shape index (κ3) is 3.60. The quantitative estimate of drug-likeness (QED) is 0.902. The molecule has 2 rings (SSSR count). The fourth-order valence-corrected chi connectivity index (χ4v) is 3.07. The maximum atomic E-state index is 12.5. The molecule has 1 aliphatic heterocycles. The van der Waals surface area contributed by atoms with E-state index in [1.807, 2.05) is 28.8 Å². The Morgan fingerprint density at radius 1 is 1.63 bits per heavy atom. The molecule has 1 aromatic heterocycles. The predicted molar refractivity (Wildman–Crippen MR) is 80.4 cm³/mol. The molecule has 5 heteroatoms. The Morgan fingerprint density at radius 2 is 2.42 bits per heavy atom. The van der Waals surface area contributed by atoms with Crippen molar-refractivity contribution in [3.05, 3.63) is 22.4 Å². The first-order valence-electron chi connectivity index (χ1n) is 6.96. The number of likely N-dealkylation sites (N-methyl/N-ethyl adjacent to an activating group) is 1. The van der Waals surface area contributed by atoms with E-state index < -0.39 is 0 Å². The van der Waals surface area contributed by atoms with Crippen LogP contribution in [0.25, 0.3) is 0 Å². The molecule has 0 aliphatic carbocycles. The van der Waals surface area contributed by atoms with Crippen LogP contribution in [-0.2, 0) is 6.54 Å². The summed E-state index contributed by atoms with van der Waals surface area (Å²) in [5, 5.41) is 3.43. The van der Waals surface area contributed by atoms with E-state index in [1.54, 1.807) is 0 Å². The van der Waals surface area contributed by atoms with E-state index >= 15 is 0 Å². The van der Waals surface area contributed by atoms with Gasteiger partial charge in [0.05, 0.1) is 0 Å². The second kappa shape index (κ2) is 6.57. The Hall–Kier alpha value is -0.810. The smallest absolute Gasteiger partial charge is 0.270 e. The van der Waals surface area contributed by atoms with Gasteiger partial charge in [0.25, 0.3) is 5.91 Å². The summed E-state index contributed by atoms with van der Waals surface area (Å²) in [7, 11) is 1.89. The first-order valence-corrected chi connectivity index (χ1v) is 7.75. The van der Waals surface area contributed by atoms with Crippen LogP contribution in [0.3, 0.4) is 0 Å². The highest BCUT2D eigenvalue weighted by Crippen LogP contribution is 2.17. The largest absolute Gasteiger partial charge is 0.342 e. The average molecular weight is 328 g/mol. The zero-order valence-corrected chi connectivity index (χ0v) is 13.2. The number of aromatic nitrogens is 1. The van der Waals surface area contributed by atoms with Gasteiger partial charge in [-0.3, -0.25) is 4.79 Å². The predicted octanol–water partition coefficient (Wildman–Crippen LogP) is 2.48. The lowest BCUT2D eigenvalue weighted by molar-refractivity contribution is 0.0773. The average Bonchev–Trinajstić information content (AvgIpc) is 2.98. The molecule has 1 atom stereocenters. The van der Waals surface area contributed by atoms with Gasteiger partial charge in [-0.25, -0.2) is 0 Å². The standard InChI is InChI=1S/C14H22BrN3O/c1-3-7-18-9-11(15)8-13(18)14(19)17(2)10-12-5-4-6-16-12/h8-9,12,16H,3-7,10H2,1-2H3. The van der Waals surface area contributed by atoms with E-state index in [2.05, 4.69) is 28.2 Å². The summed E-state index contributed by atoms with van der Waals surface area (Å²) in [4.78, 5) is 14.3. The van der Waals surface area contributed by atoms with Crippen molar-refractivity contribution in [2.75, 3.05) is 20.1 Å². The molecular weight excluding hydrogens is 306 g/mol. The minimum atomic E-state index is 0.104. The summed E-state index contributed by atoms with van der Waals surface area (Å²) in [6, 6.07) is 2.36. The summed E-state index contributed by atoms with van der Waals surface area (Å²) < 4.78 is 3.00. The Morgan fingerprint density at radius 3 is 3.05 bits per heavy atom. The summed E-state index contributed by atoms with van der Waals surface area (Å²) in [6.45, 7) is 4.86. The highest BCUT2D eigenvalue weighted by molar-refractivity contribution is 9.10. The van der Waals surface area contributed by atoms with E-state index in [1.165, 1.54) is 6.42 Å². The van der Waals surface area contributed by atoms with Crippen molar-refractivity contribution in [2.45, 2.75) is 38.8 Å². The minimum absolute atomic E-state index is 0.104. The van der Waals surface area contributed by atoms with Gasteiger partial charge >= 0.3 is 0 Å². The van der Waals surface area contributed by atoms with Gasteiger partial charge in [-0.05, 0) is 47.8 Å². The molecule has 0 radical (unpaired) electrons. The van der Waals surface area contributed by atoms with Crippen LogP contribution in [0.1, 0.15) is 36.7 Å². The number of hydrogen-bond donors (Lipinski definition) is 1. The van der Waals surface area contributed by atoms with Crippen LogP contribution in [0.15, 0.2) is 16.7 Å². The number of nitrogens with zero attached hydrogens (tertiary/aromatic N) is 2. The Balaban J connectivity index is 2.04. The molecule has 19 heavy (non-hydrogen) atoms. The lowest BCUT2D eigenvalue weighted by Gasteiger charge is -2.22. The Bertz CT molecular complexity index is 438. The summed E-state index contributed by atoms with van der Waals surface area (Å²) in [6.07, 6.45) is 5.38. The van der Waals surface area contributed by atoms with Gasteiger partial charge in [-0.15, -0.1) is 0 Å². The maximum Gasteiger partial charge on any atom is 0.270 e. The van der Waals surface area contributed by atoms with Gasteiger partial charge in [0.1, 0.15) is 5.69 Å². The monoisotopic (exact) mass is 327 g/mol. The zero-order chi connectivity index (χ0) is 13.8. The molecule has 106 valence electrons. The van der Waals surface area contributed by atoms with Gasteiger partial charge in [0.2, 0.25) is 0 Å². The minimum Gasteiger partial charge on any atom is -0.342 e. The summed E-state index contributed by atoms with van der Waals surface area (Å²) in [5.74, 6) is 0.104. The van der Waals surface area contributed by atoms with Gasteiger partial charge in [0.15, 0.2) is 0 Å². The topological polar surface area (TPSA) is 37.3 Å². The van der Waals surface area contributed by atoms with Crippen LogP contribution in [0.2, 0.25) is 0 Å². The molecule has 2 heterocycles. The maximum absolute atomic E-state index is 12.5. The van der Waals surface area contributed by atoms with E-state index in [0.717, 1.165) is 42.6 Å². The van der Waals surface area contributed by atoms with E-state index in [0.29, 0.717) is 6.04 Å². The van der Waals surface area contributed by atoms with Gasteiger partial charge in [-0.1, -0.05) is 6.92 Å². The summed E-state index contributed by atoms with van der Waals surface area (Å²) in [5.41, 5.74) is 0.772. The number of rotatable bonds is 5. The second-order valence-electron chi connectivity index (χ2n) is 5.22. The highest BCUT2D eigenvalue weighted by Gasteiger charge is 2.21. The molecule has 1 aliphatic rings. The van der Waals surface area contributed by atoms with Crippen LogP contribution in [0.4, 0.5) is 0 Å². The molecule has 1 amide bonds. The molecular formula is C14H22BrN3O. The first-order chi connectivity index (χ1) is 9.11. The molecule has 1 fully saturated rings. The van der Waals surface area contributed by atoms with Crippen molar-refractivity contribution in [3.63, 3.8) is 0 Å². The number of carbonyl (C=O) groups is 1. The second-order valence-corrected chi connectivity index (χ2v) is 6.13. The van der Waals surface area contributed by atoms with Crippen molar-refractivity contribution in [2.24, 2.45) is 0 Å². The lowest BCUT2D eigenvalue weighted by Crippen LogP contribution is -2.39. The SMILES string of the molecule is CCCn1cc(Br)cc1C(=O)N(C)CC1CCCN1. The molecule has 1 saturated heterocycles. The van der Waals surface area contributed by atoms with Crippen LogP contribution in [0, 0.1) is 0 Å². The summed E-state index contributed by atoms with van der Waals surface area (Å²) >= 11 is 3.45. The molecule has 0 spiro atoms. The third-order valence-corrected chi connectivity index (χ3v) is 3.98. The third-order valence-electron chi connectivity index (χ3n) is 3.55. The van der Waals surface area contributed by atoms with Crippen molar-refractivity contribution in [3.8, 4) is 0 Å². The lowest BCUT2D eigenvalue weighted by atomic mass is 10.2. The molecule has 0 saturated carbocycles. The molecule has 1 N–H and O–H groups in total. The van der Waals surface area contributed by atoms with Crippen molar-refractivity contribution in [1.82, 2.24) is 14.8 Å². The van der Waals surface area contributed by atoms with E-state index in [9.17, 15) is 4.79 Å². The normalized spacial score (nSPS) is 18.8. The highest BCUT2D eigenvalue weighted by atomic mass is 79.9. The van der Waals surface area contributed by atoms with Crippen molar-refractivity contribution < 1.29 is 4.79 Å². The number of aryl methyl sites for hydroxylation is 1. The fraction of sp³-hybridized carbons (Fsp3) is 0.643. The number of hydrogen-bond acceptors (Lipinski definition) is 2. The fourth-order valence-electron chi connectivity index (χ4n) is 2.60. The van der Waals surface area contributed by atoms with Gasteiger partial charge in [0, 0.05) is 36.8 Å². The first kappa shape index (κ1) is 14.6. The van der Waals surface area contributed by atoms with Crippen molar-refractivity contribution in [1.29, 1.82) is 0 Å². The van der Waals surface area contributed by atoms with Gasteiger partial charge < -0.3 is 14.8 Å². The molecule has 4 nitrogen and oxygen atoms in total. The molecule has 1 aromatic rings. The van der Waals surface area contributed by atoms with E-state index in [4.69, 9.17) is 0 Å². The molecule has 1 unspecified atom stereocenters. The van der Waals surface area contributed by atoms with Crippen LogP contribution >= 0.6 is 15.9 Å². The number of carbonyl (C=O) groups excluding carboxylic acids is 1. The number of nitrogens with one attached hydrogen (secondary N) is 1. The zero-order valence-electron chi connectivity index (χ0n) is 11.7. The Labute approximate surface area is 123 Å². The van der Waals surface area contributed by atoms with Crippen LogP contribution < -0.4 is 5.32 Å². The van der Waals surface area contributed by atoms with E-state index in [-0.39, 0.29) is 5.91 Å². The molecule has 0 aromatic carbocycles.